The molecule has 1 aromatic carbocycles. The molecule has 1 saturated heterocycles. The molecular formula is C12H16ClF2N. The summed E-state index contributed by atoms with van der Waals surface area (Å²) in [6.45, 7) is 2.24. The predicted molar refractivity (Wildman–Crippen MR) is 63.2 cm³/mol. The summed E-state index contributed by atoms with van der Waals surface area (Å²) in [5.74, 6) is -2.67. The summed E-state index contributed by atoms with van der Waals surface area (Å²) in [5, 5.41) is 2.95. The molecule has 1 heterocycles. The minimum absolute atomic E-state index is 0. The van der Waals surface area contributed by atoms with Crippen molar-refractivity contribution in [3.05, 3.63) is 35.9 Å². The third-order valence-corrected chi connectivity index (χ3v) is 3.23. The average molecular weight is 248 g/mol. The maximum absolute atomic E-state index is 13.9. The van der Waals surface area contributed by atoms with Gasteiger partial charge >= 0.3 is 0 Å². The highest BCUT2D eigenvalue weighted by molar-refractivity contribution is 5.85. The van der Waals surface area contributed by atoms with Crippen LogP contribution in [0.15, 0.2) is 30.3 Å². The SMILES string of the molecule is CC1(c2ccccc2)NCCCC1(F)F.Cl. The van der Waals surface area contributed by atoms with E-state index in [4.69, 9.17) is 0 Å². The molecule has 0 aromatic heterocycles. The minimum Gasteiger partial charge on any atom is -0.303 e. The monoisotopic (exact) mass is 247 g/mol. The number of hydrogen-bond donors (Lipinski definition) is 1. The van der Waals surface area contributed by atoms with Crippen molar-refractivity contribution >= 4 is 12.4 Å². The van der Waals surface area contributed by atoms with Gasteiger partial charge in [-0.3, -0.25) is 0 Å². The van der Waals surface area contributed by atoms with Crippen molar-refractivity contribution in [2.24, 2.45) is 0 Å². The molecule has 0 spiro atoms. The molecule has 1 N–H and O–H groups in total. The zero-order valence-corrected chi connectivity index (χ0v) is 9.99. The van der Waals surface area contributed by atoms with E-state index in [1.807, 2.05) is 6.07 Å². The van der Waals surface area contributed by atoms with Crippen LogP contribution in [0.3, 0.4) is 0 Å². The summed E-state index contributed by atoms with van der Waals surface area (Å²) >= 11 is 0. The van der Waals surface area contributed by atoms with E-state index in [-0.39, 0.29) is 18.8 Å². The molecule has 1 aliphatic rings. The quantitative estimate of drug-likeness (QED) is 0.803. The number of alkyl halides is 2. The van der Waals surface area contributed by atoms with E-state index in [2.05, 4.69) is 5.32 Å². The highest BCUT2D eigenvalue weighted by Crippen LogP contribution is 2.42. The summed E-state index contributed by atoms with van der Waals surface area (Å²) in [5.41, 5.74) is -0.554. The van der Waals surface area contributed by atoms with Gasteiger partial charge in [-0.2, -0.15) is 0 Å². The zero-order valence-electron chi connectivity index (χ0n) is 9.17. The second kappa shape index (κ2) is 4.68. The van der Waals surface area contributed by atoms with Crippen molar-refractivity contribution in [2.75, 3.05) is 6.54 Å². The number of rotatable bonds is 1. The summed E-state index contributed by atoms with van der Waals surface area (Å²) in [6, 6.07) is 8.95. The lowest BCUT2D eigenvalue weighted by Gasteiger charge is -2.42. The minimum atomic E-state index is -2.67. The van der Waals surface area contributed by atoms with Crippen LogP contribution in [0.4, 0.5) is 8.78 Å². The molecular weight excluding hydrogens is 232 g/mol. The Kier molecular flexibility index (Phi) is 3.92. The van der Waals surface area contributed by atoms with Crippen molar-refractivity contribution in [3.63, 3.8) is 0 Å². The lowest BCUT2D eigenvalue weighted by molar-refractivity contribution is -0.110. The van der Waals surface area contributed by atoms with Crippen LogP contribution in [0, 0.1) is 0 Å². The molecule has 1 fully saturated rings. The van der Waals surface area contributed by atoms with Gasteiger partial charge in [-0.1, -0.05) is 30.3 Å². The van der Waals surface area contributed by atoms with Gasteiger partial charge in [0.1, 0.15) is 5.54 Å². The second-order valence-electron chi connectivity index (χ2n) is 4.23. The largest absolute Gasteiger partial charge is 0.303 e. The van der Waals surface area contributed by atoms with Crippen LogP contribution in [0.1, 0.15) is 25.3 Å². The van der Waals surface area contributed by atoms with E-state index in [1.165, 1.54) is 0 Å². The van der Waals surface area contributed by atoms with Crippen molar-refractivity contribution in [1.82, 2.24) is 5.32 Å². The van der Waals surface area contributed by atoms with Crippen LogP contribution in [0.5, 0.6) is 0 Å². The third kappa shape index (κ3) is 2.06. The van der Waals surface area contributed by atoms with E-state index in [1.54, 1.807) is 31.2 Å². The van der Waals surface area contributed by atoms with Crippen LogP contribution < -0.4 is 5.32 Å². The zero-order chi connectivity index (χ0) is 10.9. The van der Waals surface area contributed by atoms with E-state index in [9.17, 15) is 8.78 Å². The first-order valence-corrected chi connectivity index (χ1v) is 5.25. The van der Waals surface area contributed by atoms with E-state index < -0.39 is 11.5 Å². The highest BCUT2D eigenvalue weighted by Gasteiger charge is 2.52. The summed E-state index contributed by atoms with van der Waals surface area (Å²) in [6.07, 6.45) is 0.501. The number of halogens is 3. The van der Waals surface area contributed by atoms with E-state index >= 15 is 0 Å². The topological polar surface area (TPSA) is 12.0 Å². The normalized spacial score (nSPS) is 28.2. The lowest BCUT2D eigenvalue weighted by atomic mass is 9.80. The highest BCUT2D eigenvalue weighted by atomic mass is 35.5. The maximum Gasteiger partial charge on any atom is 0.269 e. The fraction of sp³-hybridized carbons (Fsp3) is 0.500. The Bertz CT molecular complexity index is 342. The molecule has 0 aliphatic carbocycles. The van der Waals surface area contributed by atoms with Gasteiger partial charge in [0.25, 0.3) is 5.92 Å². The molecule has 0 amide bonds. The second-order valence-corrected chi connectivity index (χ2v) is 4.23. The number of piperidine rings is 1. The molecule has 1 atom stereocenters. The molecule has 0 radical (unpaired) electrons. The Labute approximate surface area is 101 Å². The molecule has 1 aromatic rings. The van der Waals surface area contributed by atoms with Crippen LogP contribution >= 0.6 is 12.4 Å². The van der Waals surface area contributed by atoms with Gasteiger partial charge in [0, 0.05) is 6.42 Å². The number of benzene rings is 1. The van der Waals surface area contributed by atoms with Gasteiger partial charge in [0.2, 0.25) is 0 Å². The Morgan fingerprint density at radius 2 is 1.81 bits per heavy atom. The smallest absolute Gasteiger partial charge is 0.269 e. The van der Waals surface area contributed by atoms with Crippen molar-refractivity contribution in [3.8, 4) is 0 Å². The third-order valence-electron chi connectivity index (χ3n) is 3.23. The molecule has 1 aliphatic heterocycles. The number of hydrogen-bond acceptors (Lipinski definition) is 1. The first-order chi connectivity index (χ1) is 7.06. The molecule has 0 bridgehead atoms. The first kappa shape index (κ1) is 13.4. The van der Waals surface area contributed by atoms with Crippen LogP contribution in [0.25, 0.3) is 0 Å². The average Bonchev–Trinajstić information content (AvgIpc) is 2.24. The Morgan fingerprint density at radius 1 is 1.19 bits per heavy atom. The fourth-order valence-electron chi connectivity index (χ4n) is 2.11. The van der Waals surface area contributed by atoms with Crippen LogP contribution in [-0.4, -0.2) is 12.5 Å². The molecule has 2 rings (SSSR count). The molecule has 1 unspecified atom stereocenters. The van der Waals surface area contributed by atoms with Gasteiger partial charge in [-0.05, 0) is 25.5 Å². The number of nitrogens with one attached hydrogen (secondary N) is 1. The molecule has 16 heavy (non-hydrogen) atoms. The lowest BCUT2D eigenvalue weighted by Crippen LogP contribution is -2.57. The molecule has 90 valence electrons. The van der Waals surface area contributed by atoms with Gasteiger partial charge < -0.3 is 5.32 Å². The van der Waals surface area contributed by atoms with Gasteiger partial charge in [0.15, 0.2) is 0 Å². The molecule has 1 nitrogen and oxygen atoms in total. The van der Waals surface area contributed by atoms with Gasteiger partial charge in [-0.25, -0.2) is 8.78 Å². The van der Waals surface area contributed by atoms with Gasteiger partial charge in [-0.15, -0.1) is 12.4 Å². The predicted octanol–water partition coefficient (Wildman–Crippen LogP) is 3.34. The summed E-state index contributed by atoms with van der Waals surface area (Å²) < 4.78 is 27.8. The van der Waals surface area contributed by atoms with Crippen molar-refractivity contribution in [2.45, 2.75) is 31.2 Å². The first-order valence-electron chi connectivity index (χ1n) is 5.25. The molecule has 0 saturated carbocycles. The molecule has 4 heteroatoms. The summed E-state index contributed by atoms with van der Waals surface area (Å²) in [4.78, 5) is 0. The summed E-state index contributed by atoms with van der Waals surface area (Å²) in [7, 11) is 0. The Balaban J connectivity index is 0.00000128. The van der Waals surface area contributed by atoms with Gasteiger partial charge in [0.05, 0.1) is 0 Å². The van der Waals surface area contributed by atoms with Crippen LogP contribution in [0.2, 0.25) is 0 Å². The standard InChI is InChI=1S/C12H15F2N.ClH/c1-11(10-6-3-2-4-7-10)12(13,14)8-5-9-15-11;/h2-4,6-7,15H,5,8-9H2,1H3;1H. The van der Waals surface area contributed by atoms with Crippen molar-refractivity contribution in [1.29, 1.82) is 0 Å². The Morgan fingerprint density at radius 3 is 2.38 bits per heavy atom. The van der Waals surface area contributed by atoms with E-state index in [0.717, 1.165) is 0 Å². The Hall–Kier alpha value is -0.670. The van der Waals surface area contributed by atoms with Crippen molar-refractivity contribution < 1.29 is 8.78 Å². The van der Waals surface area contributed by atoms with Crippen LogP contribution in [-0.2, 0) is 5.54 Å². The van der Waals surface area contributed by atoms with E-state index in [0.29, 0.717) is 18.5 Å². The fourth-order valence-corrected chi connectivity index (χ4v) is 2.11. The maximum atomic E-state index is 13.9.